The summed E-state index contributed by atoms with van der Waals surface area (Å²) in [6.07, 6.45) is 0.345. The van der Waals surface area contributed by atoms with Crippen molar-refractivity contribution in [1.29, 1.82) is 0 Å². The number of carboxylic acids is 1. The summed E-state index contributed by atoms with van der Waals surface area (Å²) in [5.74, 6) is -1.51. The topological polar surface area (TPSA) is 83.9 Å². The zero-order valence-corrected chi connectivity index (χ0v) is 9.46. The number of nitrogens with zero attached hydrogens (tertiary/aromatic N) is 1. The number of anilines is 1. The molecule has 1 heterocycles. The fraction of sp³-hybridized carbons (Fsp3) is 0.250. The van der Waals surface area contributed by atoms with Crippen LogP contribution in [0, 0.1) is 0 Å². The maximum absolute atomic E-state index is 11.6. The molecule has 6 heteroatoms. The lowest BCUT2D eigenvalue weighted by molar-refractivity contribution is -0.139. The predicted octanol–water partition coefficient (Wildman–Crippen LogP) is 0.803. The van der Waals surface area contributed by atoms with Crippen LogP contribution in [0.5, 0.6) is 5.75 Å². The molecule has 0 radical (unpaired) electrons. The molecule has 18 heavy (non-hydrogen) atoms. The van der Waals surface area contributed by atoms with Crippen molar-refractivity contribution in [2.45, 2.75) is 12.8 Å². The maximum Gasteiger partial charge on any atom is 0.341 e. The molecular weight excluding hydrogens is 238 g/mol. The van der Waals surface area contributed by atoms with Gasteiger partial charge in [0.15, 0.2) is 6.61 Å². The number of hydrogen-bond acceptors (Lipinski definition) is 4. The number of carbonyl (C=O) groups is 3. The van der Waals surface area contributed by atoms with Crippen LogP contribution in [0.15, 0.2) is 24.3 Å². The minimum atomic E-state index is -1.12. The number of aliphatic carboxylic acids is 1. The lowest BCUT2D eigenvalue weighted by Crippen LogP contribution is -2.29. The van der Waals surface area contributed by atoms with E-state index in [4.69, 9.17) is 9.84 Å². The van der Waals surface area contributed by atoms with Gasteiger partial charge in [0.1, 0.15) is 5.75 Å². The minimum Gasteiger partial charge on any atom is -0.480 e. The van der Waals surface area contributed by atoms with E-state index in [1.165, 1.54) is 6.07 Å². The molecule has 1 saturated heterocycles. The number of amides is 2. The Bertz CT molecular complexity index is 495. The molecule has 0 unspecified atom stereocenters. The summed E-state index contributed by atoms with van der Waals surface area (Å²) < 4.78 is 5.06. The third kappa shape index (κ3) is 2.32. The van der Waals surface area contributed by atoms with Crippen molar-refractivity contribution >= 4 is 23.5 Å². The van der Waals surface area contributed by atoms with Crippen molar-refractivity contribution < 1.29 is 24.2 Å². The highest BCUT2D eigenvalue weighted by Gasteiger charge is 2.32. The fourth-order valence-electron chi connectivity index (χ4n) is 1.75. The van der Waals surface area contributed by atoms with E-state index in [0.717, 1.165) is 4.90 Å². The van der Waals surface area contributed by atoms with E-state index in [0.29, 0.717) is 5.69 Å². The van der Waals surface area contributed by atoms with E-state index in [1.54, 1.807) is 18.2 Å². The van der Waals surface area contributed by atoms with Crippen LogP contribution in [0.1, 0.15) is 12.8 Å². The van der Waals surface area contributed by atoms with Crippen LogP contribution >= 0.6 is 0 Å². The smallest absolute Gasteiger partial charge is 0.341 e. The largest absolute Gasteiger partial charge is 0.480 e. The summed E-state index contributed by atoms with van der Waals surface area (Å²) in [4.78, 5) is 34.7. The van der Waals surface area contributed by atoms with Gasteiger partial charge in [-0.15, -0.1) is 0 Å². The van der Waals surface area contributed by atoms with Crippen molar-refractivity contribution in [2.24, 2.45) is 0 Å². The Labute approximate surface area is 103 Å². The molecule has 1 aliphatic rings. The van der Waals surface area contributed by atoms with Gasteiger partial charge in [-0.1, -0.05) is 12.1 Å². The van der Waals surface area contributed by atoms with Crippen LogP contribution in [0.3, 0.4) is 0 Å². The standard InChI is InChI=1S/C12H11NO5/c14-10-5-6-11(15)13(10)8-3-1-2-4-9(8)18-7-12(16)17/h1-4H,5-7H2,(H,16,17). The van der Waals surface area contributed by atoms with Crippen molar-refractivity contribution in [3.63, 3.8) is 0 Å². The molecule has 2 rings (SSSR count). The molecule has 1 fully saturated rings. The van der Waals surface area contributed by atoms with Gasteiger partial charge in [-0.3, -0.25) is 9.59 Å². The number of benzene rings is 1. The van der Waals surface area contributed by atoms with Crippen LogP contribution in [-0.4, -0.2) is 29.5 Å². The molecule has 94 valence electrons. The number of ether oxygens (including phenoxy) is 1. The number of para-hydroxylation sites is 2. The molecule has 1 aromatic rings. The monoisotopic (exact) mass is 249 g/mol. The molecular formula is C12H11NO5. The Balaban J connectivity index is 2.29. The second-order valence-corrected chi connectivity index (χ2v) is 3.77. The second kappa shape index (κ2) is 4.87. The van der Waals surface area contributed by atoms with Gasteiger partial charge >= 0.3 is 5.97 Å². The van der Waals surface area contributed by atoms with Crippen molar-refractivity contribution in [3.05, 3.63) is 24.3 Å². The zero-order valence-electron chi connectivity index (χ0n) is 9.46. The molecule has 1 N–H and O–H groups in total. The van der Waals surface area contributed by atoms with Crippen LogP contribution < -0.4 is 9.64 Å². The van der Waals surface area contributed by atoms with Crippen molar-refractivity contribution in [2.75, 3.05) is 11.5 Å². The molecule has 2 amide bonds. The lowest BCUT2D eigenvalue weighted by Gasteiger charge is -2.17. The van der Waals surface area contributed by atoms with E-state index < -0.39 is 12.6 Å². The fourth-order valence-corrected chi connectivity index (χ4v) is 1.75. The first kappa shape index (κ1) is 12.1. The summed E-state index contributed by atoms with van der Waals surface area (Å²) in [6.45, 7) is -0.521. The Morgan fingerprint density at radius 1 is 1.22 bits per heavy atom. The third-order valence-corrected chi connectivity index (χ3v) is 2.51. The number of hydrogen-bond donors (Lipinski definition) is 1. The van der Waals surface area contributed by atoms with Crippen LogP contribution in [0.4, 0.5) is 5.69 Å². The molecule has 0 bridgehead atoms. The molecule has 0 aromatic heterocycles. The minimum absolute atomic E-state index is 0.173. The first-order valence-electron chi connectivity index (χ1n) is 5.39. The molecule has 0 saturated carbocycles. The average molecular weight is 249 g/mol. The normalized spacial score (nSPS) is 15.0. The van der Waals surface area contributed by atoms with Gasteiger partial charge in [0, 0.05) is 12.8 Å². The van der Waals surface area contributed by atoms with E-state index in [2.05, 4.69) is 0 Å². The van der Waals surface area contributed by atoms with E-state index >= 15 is 0 Å². The van der Waals surface area contributed by atoms with Gasteiger partial charge in [-0.25, -0.2) is 9.69 Å². The van der Waals surface area contributed by atoms with Crippen molar-refractivity contribution in [1.82, 2.24) is 0 Å². The number of rotatable bonds is 4. The Morgan fingerprint density at radius 2 is 1.83 bits per heavy atom. The first-order chi connectivity index (χ1) is 8.59. The highest BCUT2D eigenvalue weighted by atomic mass is 16.5. The van der Waals surface area contributed by atoms with E-state index in [1.807, 2.05) is 0 Å². The molecule has 1 aromatic carbocycles. The summed E-state index contributed by atoms with van der Waals surface area (Å²) in [5, 5.41) is 8.56. The van der Waals surface area contributed by atoms with Crippen LogP contribution in [0.25, 0.3) is 0 Å². The summed E-state index contributed by atoms with van der Waals surface area (Å²) in [6, 6.07) is 6.38. The van der Waals surface area contributed by atoms with Gasteiger partial charge in [0.25, 0.3) is 0 Å². The highest BCUT2D eigenvalue weighted by Crippen LogP contribution is 2.31. The summed E-state index contributed by atoms with van der Waals surface area (Å²) >= 11 is 0. The van der Waals surface area contributed by atoms with E-state index in [-0.39, 0.29) is 30.4 Å². The Hall–Kier alpha value is -2.37. The van der Waals surface area contributed by atoms with Gasteiger partial charge in [0.05, 0.1) is 5.69 Å². The summed E-state index contributed by atoms with van der Waals surface area (Å²) in [7, 11) is 0. The summed E-state index contributed by atoms with van der Waals surface area (Å²) in [5.41, 5.74) is 0.297. The average Bonchev–Trinajstić information content (AvgIpc) is 2.67. The van der Waals surface area contributed by atoms with Gasteiger partial charge in [-0.2, -0.15) is 0 Å². The van der Waals surface area contributed by atoms with Gasteiger partial charge in [-0.05, 0) is 12.1 Å². The number of imide groups is 1. The number of carbonyl (C=O) groups excluding carboxylic acids is 2. The Kier molecular flexibility index (Phi) is 3.27. The quantitative estimate of drug-likeness (QED) is 0.798. The zero-order chi connectivity index (χ0) is 13.1. The SMILES string of the molecule is O=C(O)COc1ccccc1N1C(=O)CCC1=O. The molecule has 1 aliphatic heterocycles. The third-order valence-electron chi connectivity index (χ3n) is 2.51. The molecule has 0 aliphatic carbocycles. The number of carboxylic acid groups (broad SMARTS) is 1. The van der Waals surface area contributed by atoms with E-state index in [9.17, 15) is 14.4 Å². The van der Waals surface area contributed by atoms with Crippen molar-refractivity contribution in [3.8, 4) is 5.75 Å². The lowest BCUT2D eigenvalue weighted by atomic mass is 10.2. The van der Waals surface area contributed by atoms with Gasteiger partial charge < -0.3 is 9.84 Å². The van der Waals surface area contributed by atoms with Crippen LogP contribution in [-0.2, 0) is 14.4 Å². The first-order valence-corrected chi connectivity index (χ1v) is 5.39. The van der Waals surface area contributed by atoms with Crippen LogP contribution in [0.2, 0.25) is 0 Å². The maximum atomic E-state index is 11.6. The Morgan fingerprint density at radius 3 is 2.44 bits per heavy atom. The molecule has 6 nitrogen and oxygen atoms in total. The van der Waals surface area contributed by atoms with Gasteiger partial charge in [0.2, 0.25) is 11.8 Å². The highest BCUT2D eigenvalue weighted by molar-refractivity contribution is 6.20. The molecule has 0 spiro atoms. The molecule has 0 atom stereocenters. The second-order valence-electron chi connectivity index (χ2n) is 3.77. The predicted molar refractivity (Wildman–Crippen MR) is 61.3 cm³/mol.